The van der Waals surface area contributed by atoms with Crippen molar-refractivity contribution >= 4 is 5.57 Å². The zero-order chi connectivity index (χ0) is 13.6. The summed E-state index contributed by atoms with van der Waals surface area (Å²) >= 11 is 0. The monoisotopic (exact) mass is 252 g/mol. The second-order valence-corrected chi connectivity index (χ2v) is 6.67. The molecule has 1 aromatic carbocycles. The van der Waals surface area contributed by atoms with Gasteiger partial charge in [0.25, 0.3) is 0 Å². The van der Waals surface area contributed by atoms with Gasteiger partial charge in [0.1, 0.15) is 0 Å². The van der Waals surface area contributed by atoms with Crippen LogP contribution in [0.15, 0.2) is 35.9 Å². The van der Waals surface area contributed by atoms with Crippen LogP contribution in [0, 0.1) is 5.92 Å². The van der Waals surface area contributed by atoms with Crippen molar-refractivity contribution in [1.82, 2.24) is 0 Å². The number of hydrogen-bond donors (Lipinski definition) is 0. The Kier molecular flexibility index (Phi) is 2.92. The maximum Gasteiger partial charge on any atom is 0.0155 e. The molecule has 0 bridgehead atoms. The van der Waals surface area contributed by atoms with E-state index in [1.165, 1.54) is 41.5 Å². The Morgan fingerprint density at radius 1 is 1.26 bits per heavy atom. The van der Waals surface area contributed by atoms with Gasteiger partial charge in [-0.3, -0.25) is 0 Å². The molecular weight excluding hydrogens is 228 g/mol. The fourth-order valence-electron chi connectivity index (χ4n) is 3.62. The predicted molar refractivity (Wildman–Crippen MR) is 83.3 cm³/mol. The highest BCUT2D eigenvalue weighted by atomic mass is 14.4. The highest BCUT2D eigenvalue weighted by Crippen LogP contribution is 2.52. The summed E-state index contributed by atoms with van der Waals surface area (Å²) in [5, 5.41) is 0. The molecule has 100 valence electrons. The molecule has 0 saturated heterocycles. The maximum absolute atomic E-state index is 2.47. The van der Waals surface area contributed by atoms with Gasteiger partial charge in [-0.25, -0.2) is 0 Å². The normalized spacial score (nSPS) is 23.5. The standard InChI is InChI=1S/C19H24/c1-5-6-14-8-9-15-16-11-13(2)7-10-17(16)19(3,4)18(15)12-14/h8-13H,5-7H2,1-4H3. The quantitative estimate of drug-likeness (QED) is 0.671. The summed E-state index contributed by atoms with van der Waals surface area (Å²) in [6.45, 7) is 9.33. The fourth-order valence-corrected chi connectivity index (χ4v) is 3.62. The van der Waals surface area contributed by atoms with Crippen molar-refractivity contribution in [2.75, 3.05) is 0 Å². The second-order valence-electron chi connectivity index (χ2n) is 6.67. The van der Waals surface area contributed by atoms with E-state index >= 15 is 0 Å². The lowest BCUT2D eigenvalue weighted by atomic mass is 9.79. The van der Waals surface area contributed by atoms with Crippen LogP contribution < -0.4 is 0 Å². The fraction of sp³-hybridized carbons (Fsp3) is 0.474. The maximum atomic E-state index is 2.47. The van der Waals surface area contributed by atoms with Crippen LogP contribution in [-0.4, -0.2) is 0 Å². The molecule has 0 radical (unpaired) electrons. The third-order valence-electron chi connectivity index (χ3n) is 4.69. The molecule has 2 aliphatic carbocycles. The minimum atomic E-state index is 0.186. The second kappa shape index (κ2) is 4.37. The smallest absolute Gasteiger partial charge is 0.0155 e. The summed E-state index contributed by atoms with van der Waals surface area (Å²) in [5.41, 5.74) is 7.73. The van der Waals surface area contributed by atoms with E-state index in [1.807, 2.05) is 0 Å². The number of fused-ring (bicyclic) bond motifs is 3. The largest absolute Gasteiger partial charge is 0.0792 e. The van der Waals surface area contributed by atoms with E-state index in [1.54, 1.807) is 5.57 Å². The van der Waals surface area contributed by atoms with Crippen molar-refractivity contribution < 1.29 is 0 Å². The van der Waals surface area contributed by atoms with E-state index in [0.29, 0.717) is 5.92 Å². The van der Waals surface area contributed by atoms with Crippen molar-refractivity contribution in [2.24, 2.45) is 5.92 Å². The zero-order valence-corrected chi connectivity index (χ0v) is 12.6. The summed E-state index contributed by atoms with van der Waals surface area (Å²) in [6.07, 6.45) is 8.56. The summed E-state index contributed by atoms with van der Waals surface area (Å²) in [6, 6.07) is 7.12. The molecule has 0 heterocycles. The van der Waals surface area contributed by atoms with Gasteiger partial charge in [-0.2, -0.15) is 0 Å². The SMILES string of the molecule is CCCc1ccc2c(c1)C(C)(C)C1=CCC(C)C=C12. The molecule has 0 nitrogen and oxygen atoms in total. The van der Waals surface area contributed by atoms with Crippen LogP contribution in [-0.2, 0) is 11.8 Å². The van der Waals surface area contributed by atoms with E-state index in [9.17, 15) is 0 Å². The Morgan fingerprint density at radius 3 is 2.79 bits per heavy atom. The Labute approximate surface area is 117 Å². The molecule has 0 heteroatoms. The molecule has 0 aliphatic heterocycles. The van der Waals surface area contributed by atoms with Crippen LogP contribution in [0.4, 0.5) is 0 Å². The van der Waals surface area contributed by atoms with Crippen molar-refractivity contribution in [2.45, 2.75) is 52.4 Å². The average Bonchev–Trinajstić information content (AvgIpc) is 2.59. The first-order chi connectivity index (χ1) is 9.04. The number of allylic oxidation sites excluding steroid dienone is 4. The summed E-state index contributed by atoms with van der Waals surface area (Å²) in [4.78, 5) is 0. The van der Waals surface area contributed by atoms with Crippen molar-refractivity contribution in [3.8, 4) is 0 Å². The molecule has 0 spiro atoms. The van der Waals surface area contributed by atoms with Gasteiger partial charge in [-0.05, 0) is 46.6 Å². The van der Waals surface area contributed by atoms with Gasteiger partial charge in [-0.15, -0.1) is 0 Å². The highest BCUT2D eigenvalue weighted by molar-refractivity contribution is 5.90. The number of aryl methyl sites for hydroxylation is 1. The minimum Gasteiger partial charge on any atom is -0.0792 e. The predicted octanol–water partition coefficient (Wildman–Crippen LogP) is 5.28. The molecule has 0 N–H and O–H groups in total. The summed E-state index contributed by atoms with van der Waals surface area (Å²) < 4.78 is 0. The highest BCUT2D eigenvalue weighted by Gasteiger charge is 2.39. The van der Waals surface area contributed by atoms with Crippen LogP contribution in [0.25, 0.3) is 5.57 Å². The molecule has 0 saturated carbocycles. The third kappa shape index (κ3) is 1.89. The number of rotatable bonds is 2. The summed E-state index contributed by atoms with van der Waals surface area (Å²) in [5.74, 6) is 0.677. The Bertz CT molecular complexity index is 570. The molecule has 1 unspecified atom stereocenters. The first-order valence-electron chi connectivity index (χ1n) is 7.60. The molecule has 0 amide bonds. The zero-order valence-electron chi connectivity index (χ0n) is 12.6. The summed E-state index contributed by atoms with van der Waals surface area (Å²) in [7, 11) is 0. The van der Waals surface area contributed by atoms with Crippen LogP contribution in [0.3, 0.4) is 0 Å². The van der Waals surface area contributed by atoms with Crippen LogP contribution in [0.5, 0.6) is 0 Å². The molecule has 3 rings (SSSR count). The first-order valence-corrected chi connectivity index (χ1v) is 7.60. The van der Waals surface area contributed by atoms with Gasteiger partial charge in [-0.1, -0.05) is 64.5 Å². The van der Waals surface area contributed by atoms with Crippen molar-refractivity contribution in [3.63, 3.8) is 0 Å². The van der Waals surface area contributed by atoms with Gasteiger partial charge >= 0.3 is 0 Å². The third-order valence-corrected chi connectivity index (χ3v) is 4.69. The number of hydrogen-bond acceptors (Lipinski definition) is 0. The molecule has 0 fully saturated rings. The Hall–Kier alpha value is -1.30. The first kappa shape index (κ1) is 12.7. The van der Waals surface area contributed by atoms with E-state index in [4.69, 9.17) is 0 Å². The van der Waals surface area contributed by atoms with Crippen molar-refractivity contribution in [3.05, 3.63) is 52.6 Å². The molecule has 2 aliphatic rings. The minimum absolute atomic E-state index is 0.186. The molecule has 1 aromatic rings. The Balaban J connectivity index is 2.16. The van der Waals surface area contributed by atoms with Gasteiger partial charge in [0.15, 0.2) is 0 Å². The lowest BCUT2D eigenvalue weighted by Crippen LogP contribution is -2.16. The molecular formula is C19H24. The lowest BCUT2D eigenvalue weighted by Gasteiger charge is -2.25. The number of benzene rings is 1. The van der Waals surface area contributed by atoms with E-state index in [2.05, 4.69) is 58.0 Å². The van der Waals surface area contributed by atoms with Crippen molar-refractivity contribution in [1.29, 1.82) is 0 Å². The molecule has 0 aromatic heterocycles. The molecule has 19 heavy (non-hydrogen) atoms. The lowest BCUT2D eigenvalue weighted by molar-refractivity contribution is 0.639. The molecule has 1 atom stereocenters. The van der Waals surface area contributed by atoms with Crippen LogP contribution >= 0.6 is 0 Å². The Morgan fingerprint density at radius 2 is 2.05 bits per heavy atom. The van der Waals surface area contributed by atoms with E-state index in [0.717, 1.165) is 0 Å². The van der Waals surface area contributed by atoms with E-state index in [-0.39, 0.29) is 5.41 Å². The van der Waals surface area contributed by atoms with Gasteiger partial charge in [0.05, 0.1) is 0 Å². The average molecular weight is 252 g/mol. The van der Waals surface area contributed by atoms with Gasteiger partial charge < -0.3 is 0 Å². The topological polar surface area (TPSA) is 0 Å². The van der Waals surface area contributed by atoms with E-state index < -0.39 is 0 Å². The van der Waals surface area contributed by atoms with Gasteiger partial charge in [0.2, 0.25) is 0 Å². The van der Waals surface area contributed by atoms with Crippen LogP contribution in [0.1, 0.15) is 57.2 Å². The van der Waals surface area contributed by atoms with Crippen LogP contribution in [0.2, 0.25) is 0 Å². The van der Waals surface area contributed by atoms with Gasteiger partial charge in [0, 0.05) is 5.41 Å².